The molecule has 0 aromatic rings. The zero-order valence-corrected chi connectivity index (χ0v) is 14.3. The van der Waals surface area contributed by atoms with Crippen LogP contribution in [-0.4, -0.2) is 39.6 Å². The summed E-state index contributed by atoms with van der Waals surface area (Å²) in [6.45, 7) is 15.1. The van der Waals surface area contributed by atoms with Gasteiger partial charge in [-0.2, -0.15) is 0 Å². The Bertz CT molecular complexity index is 240. The summed E-state index contributed by atoms with van der Waals surface area (Å²) in [5.74, 6) is 0. The summed E-state index contributed by atoms with van der Waals surface area (Å²) in [4.78, 5) is 0. The molecule has 0 atom stereocenters. The normalized spacial score (nSPS) is 13.9. The number of rotatable bonds is 10. The fourth-order valence-corrected chi connectivity index (χ4v) is 2.07. The molecule has 3 nitrogen and oxygen atoms in total. The van der Waals surface area contributed by atoms with Gasteiger partial charge in [0.15, 0.2) is 0 Å². The van der Waals surface area contributed by atoms with E-state index < -0.39 is 0 Å². The highest BCUT2D eigenvalue weighted by Crippen LogP contribution is 2.43. The highest BCUT2D eigenvalue weighted by molar-refractivity contribution is 4.93. The molecule has 0 spiro atoms. The van der Waals surface area contributed by atoms with Gasteiger partial charge in [0.05, 0.1) is 25.4 Å². The maximum absolute atomic E-state index is 6.18. The van der Waals surface area contributed by atoms with Crippen LogP contribution in [0.3, 0.4) is 0 Å². The summed E-state index contributed by atoms with van der Waals surface area (Å²) >= 11 is 0. The lowest BCUT2D eigenvalue weighted by Crippen LogP contribution is -2.50. The Morgan fingerprint density at radius 2 is 1.21 bits per heavy atom. The zero-order valence-electron chi connectivity index (χ0n) is 14.3. The van der Waals surface area contributed by atoms with Crippen molar-refractivity contribution in [3.8, 4) is 0 Å². The fraction of sp³-hybridized carbons (Fsp3) is 1.00. The minimum atomic E-state index is -0.113. The SMILES string of the molecule is CCC(C)(C)OCC(COC)(COC)C(C)(C)CC. The maximum Gasteiger partial charge on any atom is 0.0624 e. The maximum atomic E-state index is 6.18. The average Bonchev–Trinajstić information content (AvgIpc) is 2.36. The van der Waals surface area contributed by atoms with E-state index in [2.05, 4.69) is 41.5 Å². The van der Waals surface area contributed by atoms with Crippen LogP contribution in [0.2, 0.25) is 0 Å². The highest BCUT2D eigenvalue weighted by atomic mass is 16.5. The number of ether oxygens (including phenoxy) is 3. The number of hydrogen-bond donors (Lipinski definition) is 0. The molecule has 19 heavy (non-hydrogen) atoms. The molecular weight excluding hydrogens is 240 g/mol. The second-order valence-corrected chi connectivity index (χ2v) is 6.79. The Balaban J connectivity index is 5.12. The van der Waals surface area contributed by atoms with Gasteiger partial charge in [-0.3, -0.25) is 0 Å². The lowest BCUT2D eigenvalue weighted by Gasteiger charge is -2.47. The summed E-state index contributed by atoms with van der Waals surface area (Å²) in [6, 6.07) is 0. The van der Waals surface area contributed by atoms with Gasteiger partial charge < -0.3 is 14.2 Å². The van der Waals surface area contributed by atoms with E-state index in [-0.39, 0.29) is 16.4 Å². The van der Waals surface area contributed by atoms with Crippen LogP contribution in [0.5, 0.6) is 0 Å². The molecule has 0 unspecified atom stereocenters. The Labute approximate surface area is 120 Å². The second kappa shape index (κ2) is 7.61. The monoisotopic (exact) mass is 274 g/mol. The van der Waals surface area contributed by atoms with Gasteiger partial charge in [0.2, 0.25) is 0 Å². The molecule has 0 radical (unpaired) electrons. The van der Waals surface area contributed by atoms with Crippen molar-refractivity contribution in [1.29, 1.82) is 0 Å². The minimum Gasteiger partial charge on any atom is -0.384 e. The summed E-state index contributed by atoms with van der Waals surface area (Å²) in [5, 5.41) is 0. The van der Waals surface area contributed by atoms with Crippen molar-refractivity contribution in [1.82, 2.24) is 0 Å². The van der Waals surface area contributed by atoms with E-state index in [4.69, 9.17) is 14.2 Å². The van der Waals surface area contributed by atoms with Gasteiger partial charge >= 0.3 is 0 Å². The molecule has 116 valence electrons. The van der Waals surface area contributed by atoms with E-state index in [1.54, 1.807) is 14.2 Å². The Morgan fingerprint density at radius 3 is 1.53 bits per heavy atom. The molecule has 0 aromatic carbocycles. The molecular formula is C16H34O3. The van der Waals surface area contributed by atoms with E-state index in [0.29, 0.717) is 19.8 Å². The van der Waals surface area contributed by atoms with Crippen LogP contribution < -0.4 is 0 Å². The van der Waals surface area contributed by atoms with E-state index in [1.165, 1.54) is 0 Å². The van der Waals surface area contributed by atoms with Crippen LogP contribution in [0, 0.1) is 10.8 Å². The van der Waals surface area contributed by atoms with Crippen molar-refractivity contribution in [3.63, 3.8) is 0 Å². The third-order valence-corrected chi connectivity index (χ3v) is 4.75. The smallest absolute Gasteiger partial charge is 0.0624 e. The van der Waals surface area contributed by atoms with Crippen LogP contribution in [0.15, 0.2) is 0 Å². The van der Waals surface area contributed by atoms with Crippen LogP contribution in [0.4, 0.5) is 0 Å². The first-order valence-corrected chi connectivity index (χ1v) is 7.32. The van der Waals surface area contributed by atoms with Gasteiger partial charge in [-0.15, -0.1) is 0 Å². The number of hydrogen-bond acceptors (Lipinski definition) is 3. The largest absolute Gasteiger partial charge is 0.384 e. The van der Waals surface area contributed by atoms with Crippen molar-refractivity contribution in [3.05, 3.63) is 0 Å². The first-order chi connectivity index (χ1) is 8.70. The summed E-state index contributed by atoms with van der Waals surface area (Å²) in [6.07, 6.45) is 2.06. The van der Waals surface area contributed by atoms with Gasteiger partial charge in [-0.1, -0.05) is 34.1 Å². The van der Waals surface area contributed by atoms with E-state index in [1.807, 2.05) is 0 Å². The molecule has 3 heteroatoms. The molecule has 0 aliphatic heterocycles. The van der Waals surface area contributed by atoms with Crippen LogP contribution in [0.1, 0.15) is 54.4 Å². The molecule has 0 N–H and O–H groups in total. The lowest BCUT2D eigenvalue weighted by molar-refractivity contribution is -0.149. The molecule has 0 heterocycles. The predicted molar refractivity (Wildman–Crippen MR) is 80.6 cm³/mol. The third kappa shape index (κ3) is 5.05. The first-order valence-electron chi connectivity index (χ1n) is 7.32. The van der Waals surface area contributed by atoms with Crippen molar-refractivity contribution >= 4 is 0 Å². The first kappa shape index (κ1) is 18.9. The van der Waals surface area contributed by atoms with Gasteiger partial charge in [0.25, 0.3) is 0 Å². The summed E-state index contributed by atoms with van der Waals surface area (Å²) < 4.78 is 17.2. The van der Waals surface area contributed by atoms with Crippen LogP contribution in [-0.2, 0) is 14.2 Å². The molecule has 0 aromatic heterocycles. The van der Waals surface area contributed by atoms with Gasteiger partial charge in [-0.05, 0) is 25.7 Å². The molecule has 0 rings (SSSR count). The summed E-state index contributed by atoms with van der Waals surface area (Å²) in [7, 11) is 3.50. The molecule has 0 aliphatic rings. The van der Waals surface area contributed by atoms with Crippen LogP contribution in [0.25, 0.3) is 0 Å². The number of methoxy groups -OCH3 is 2. The minimum absolute atomic E-state index is 0.100. The Hall–Kier alpha value is -0.120. The molecule has 0 bridgehead atoms. The third-order valence-electron chi connectivity index (χ3n) is 4.75. The van der Waals surface area contributed by atoms with Crippen molar-refractivity contribution in [2.45, 2.75) is 60.0 Å². The van der Waals surface area contributed by atoms with E-state index >= 15 is 0 Å². The van der Waals surface area contributed by atoms with Gasteiger partial charge in [0, 0.05) is 19.6 Å². The molecule has 0 saturated carbocycles. The second-order valence-electron chi connectivity index (χ2n) is 6.79. The Morgan fingerprint density at radius 1 is 0.737 bits per heavy atom. The Kier molecular flexibility index (Phi) is 7.56. The van der Waals surface area contributed by atoms with Gasteiger partial charge in [-0.25, -0.2) is 0 Å². The fourth-order valence-electron chi connectivity index (χ4n) is 2.07. The average molecular weight is 274 g/mol. The standard InChI is InChI=1S/C16H34O3/c1-9-14(3,4)16(11-17-7,12-18-8)13-19-15(5,6)10-2/h9-13H2,1-8H3. The van der Waals surface area contributed by atoms with Crippen molar-refractivity contribution in [2.75, 3.05) is 34.0 Å². The quantitative estimate of drug-likeness (QED) is 0.604. The zero-order chi connectivity index (χ0) is 15.2. The van der Waals surface area contributed by atoms with Crippen molar-refractivity contribution in [2.24, 2.45) is 10.8 Å². The van der Waals surface area contributed by atoms with E-state index in [9.17, 15) is 0 Å². The molecule has 0 amide bonds. The molecule has 0 saturated heterocycles. The van der Waals surface area contributed by atoms with Crippen LogP contribution >= 0.6 is 0 Å². The topological polar surface area (TPSA) is 27.7 Å². The molecule has 0 fully saturated rings. The summed E-state index contributed by atoms with van der Waals surface area (Å²) in [5.41, 5.74) is -0.114. The lowest BCUT2D eigenvalue weighted by atomic mass is 9.65. The predicted octanol–water partition coefficient (Wildman–Crippen LogP) is 3.91. The molecule has 0 aliphatic carbocycles. The van der Waals surface area contributed by atoms with E-state index in [0.717, 1.165) is 12.8 Å². The van der Waals surface area contributed by atoms with Crippen molar-refractivity contribution < 1.29 is 14.2 Å². The van der Waals surface area contributed by atoms with Gasteiger partial charge in [0.1, 0.15) is 0 Å². The highest BCUT2D eigenvalue weighted by Gasteiger charge is 2.45.